The number of nitrogens with zero attached hydrogens (tertiary/aromatic N) is 4. The molecular formula is C12H12N4O3. The van der Waals surface area contributed by atoms with E-state index in [1.165, 1.54) is 23.1 Å². The van der Waals surface area contributed by atoms with Gasteiger partial charge in [-0.25, -0.2) is 9.67 Å². The molecule has 0 spiro atoms. The second kappa shape index (κ2) is 5.38. The first-order chi connectivity index (χ1) is 9.10. The van der Waals surface area contributed by atoms with Crippen molar-refractivity contribution in [2.75, 3.05) is 0 Å². The molecule has 2 aromatic rings. The number of aromatic nitrogens is 3. The molecular weight excluding hydrogens is 248 g/mol. The van der Waals surface area contributed by atoms with Crippen LogP contribution in [0.3, 0.4) is 0 Å². The van der Waals surface area contributed by atoms with E-state index in [-0.39, 0.29) is 18.0 Å². The highest BCUT2D eigenvalue weighted by Gasteiger charge is 2.11. The fraction of sp³-hybridized carbons (Fsp3) is 0.250. The molecule has 0 aliphatic heterocycles. The van der Waals surface area contributed by atoms with E-state index in [2.05, 4.69) is 10.1 Å². The third-order valence-electron chi connectivity index (χ3n) is 2.58. The third kappa shape index (κ3) is 3.01. The van der Waals surface area contributed by atoms with E-state index >= 15 is 0 Å². The van der Waals surface area contributed by atoms with Crippen LogP contribution in [0, 0.1) is 10.1 Å². The molecule has 0 amide bonds. The number of carbonyl (C=O) groups excluding carboxylic acids is 1. The van der Waals surface area contributed by atoms with Crippen LogP contribution >= 0.6 is 0 Å². The molecule has 7 heteroatoms. The summed E-state index contributed by atoms with van der Waals surface area (Å²) in [6, 6.07) is 6.07. The SMILES string of the molecule is CCC(=O)Cn1cnc(-c2cccc([N+](=O)[O-])c2)n1. The lowest BCUT2D eigenvalue weighted by molar-refractivity contribution is -0.384. The Labute approximate surface area is 109 Å². The van der Waals surface area contributed by atoms with Crippen LogP contribution in [0.5, 0.6) is 0 Å². The number of non-ortho nitro benzene ring substituents is 1. The van der Waals surface area contributed by atoms with Crippen molar-refractivity contribution in [3.05, 3.63) is 40.7 Å². The number of nitro benzene ring substituents is 1. The van der Waals surface area contributed by atoms with Crippen LogP contribution in [0.2, 0.25) is 0 Å². The predicted molar refractivity (Wildman–Crippen MR) is 67.4 cm³/mol. The van der Waals surface area contributed by atoms with Crippen LogP contribution in [0.15, 0.2) is 30.6 Å². The Hall–Kier alpha value is -2.57. The Morgan fingerprint density at radius 2 is 2.26 bits per heavy atom. The summed E-state index contributed by atoms with van der Waals surface area (Å²) >= 11 is 0. The number of hydrogen-bond donors (Lipinski definition) is 0. The van der Waals surface area contributed by atoms with Gasteiger partial charge in [-0.05, 0) is 0 Å². The highest BCUT2D eigenvalue weighted by atomic mass is 16.6. The van der Waals surface area contributed by atoms with Crippen molar-refractivity contribution in [1.29, 1.82) is 0 Å². The zero-order valence-corrected chi connectivity index (χ0v) is 10.3. The van der Waals surface area contributed by atoms with E-state index < -0.39 is 4.92 Å². The van der Waals surface area contributed by atoms with E-state index in [4.69, 9.17) is 0 Å². The molecule has 7 nitrogen and oxygen atoms in total. The average molecular weight is 260 g/mol. The first-order valence-corrected chi connectivity index (χ1v) is 5.76. The summed E-state index contributed by atoms with van der Waals surface area (Å²) in [6.45, 7) is 1.94. The van der Waals surface area contributed by atoms with Crippen molar-refractivity contribution in [2.24, 2.45) is 0 Å². The first-order valence-electron chi connectivity index (χ1n) is 5.76. The van der Waals surface area contributed by atoms with E-state index in [1.54, 1.807) is 19.1 Å². The molecule has 98 valence electrons. The van der Waals surface area contributed by atoms with Crippen LogP contribution in [0.25, 0.3) is 11.4 Å². The smallest absolute Gasteiger partial charge is 0.270 e. The van der Waals surface area contributed by atoms with Crippen molar-refractivity contribution in [1.82, 2.24) is 14.8 Å². The highest BCUT2D eigenvalue weighted by molar-refractivity contribution is 5.77. The van der Waals surface area contributed by atoms with Crippen LogP contribution in [0.1, 0.15) is 13.3 Å². The summed E-state index contributed by atoms with van der Waals surface area (Å²) in [4.78, 5) is 25.6. The van der Waals surface area contributed by atoms with Gasteiger partial charge in [0.2, 0.25) is 0 Å². The topological polar surface area (TPSA) is 90.9 Å². The van der Waals surface area contributed by atoms with Gasteiger partial charge in [-0.15, -0.1) is 0 Å². The fourth-order valence-corrected chi connectivity index (χ4v) is 1.55. The van der Waals surface area contributed by atoms with Crippen molar-refractivity contribution >= 4 is 11.5 Å². The monoisotopic (exact) mass is 260 g/mol. The molecule has 0 aliphatic carbocycles. The molecule has 0 radical (unpaired) electrons. The number of rotatable bonds is 5. The van der Waals surface area contributed by atoms with E-state index in [0.29, 0.717) is 17.8 Å². The van der Waals surface area contributed by atoms with Gasteiger partial charge in [0.1, 0.15) is 12.9 Å². The fourth-order valence-electron chi connectivity index (χ4n) is 1.55. The summed E-state index contributed by atoms with van der Waals surface area (Å²) in [5.74, 6) is 0.420. The van der Waals surface area contributed by atoms with Gasteiger partial charge in [0.15, 0.2) is 11.6 Å². The Morgan fingerprint density at radius 1 is 1.47 bits per heavy atom. The van der Waals surface area contributed by atoms with Gasteiger partial charge >= 0.3 is 0 Å². The lowest BCUT2D eigenvalue weighted by Crippen LogP contribution is -2.09. The normalized spacial score (nSPS) is 10.4. The van der Waals surface area contributed by atoms with Gasteiger partial charge in [0, 0.05) is 24.1 Å². The maximum Gasteiger partial charge on any atom is 0.270 e. The zero-order valence-electron chi connectivity index (χ0n) is 10.3. The van der Waals surface area contributed by atoms with Gasteiger partial charge in [-0.3, -0.25) is 14.9 Å². The molecule has 1 heterocycles. The van der Waals surface area contributed by atoms with Crippen molar-refractivity contribution in [2.45, 2.75) is 19.9 Å². The van der Waals surface area contributed by atoms with Gasteiger partial charge in [0.25, 0.3) is 5.69 Å². The molecule has 0 bridgehead atoms. The number of ketones is 1. The minimum absolute atomic E-state index is 0.0153. The molecule has 0 saturated carbocycles. The lowest BCUT2D eigenvalue weighted by atomic mass is 10.2. The molecule has 0 saturated heterocycles. The Balaban J connectivity index is 2.25. The van der Waals surface area contributed by atoms with Crippen LogP contribution in [0.4, 0.5) is 5.69 Å². The van der Waals surface area contributed by atoms with Gasteiger partial charge in [-0.2, -0.15) is 5.10 Å². The Morgan fingerprint density at radius 3 is 2.95 bits per heavy atom. The van der Waals surface area contributed by atoms with E-state index in [9.17, 15) is 14.9 Å². The standard InChI is InChI=1S/C12H12N4O3/c1-2-11(17)7-15-8-13-12(14-15)9-4-3-5-10(6-9)16(18)19/h3-6,8H,2,7H2,1H3. The minimum atomic E-state index is -0.471. The van der Waals surface area contributed by atoms with E-state index in [1.807, 2.05) is 0 Å². The molecule has 0 fully saturated rings. The van der Waals surface area contributed by atoms with Crippen molar-refractivity contribution < 1.29 is 9.72 Å². The maximum absolute atomic E-state index is 11.3. The number of nitro groups is 1. The number of carbonyl (C=O) groups is 1. The third-order valence-corrected chi connectivity index (χ3v) is 2.58. The highest BCUT2D eigenvalue weighted by Crippen LogP contribution is 2.20. The summed E-state index contributed by atoms with van der Waals surface area (Å²) in [5.41, 5.74) is 0.537. The van der Waals surface area contributed by atoms with Gasteiger partial charge in [-0.1, -0.05) is 19.1 Å². The summed E-state index contributed by atoms with van der Waals surface area (Å²) < 4.78 is 1.43. The number of Topliss-reactive ketones (excluding diaryl/α,β-unsaturated/α-hetero) is 1. The minimum Gasteiger partial charge on any atom is -0.298 e. The zero-order chi connectivity index (χ0) is 13.8. The van der Waals surface area contributed by atoms with Crippen molar-refractivity contribution in [3.8, 4) is 11.4 Å². The Bertz CT molecular complexity index is 621. The Kier molecular flexibility index (Phi) is 3.65. The second-order valence-corrected chi connectivity index (χ2v) is 3.97. The van der Waals surface area contributed by atoms with Gasteiger partial charge in [0.05, 0.1) is 4.92 Å². The lowest BCUT2D eigenvalue weighted by Gasteiger charge is -1.97. The largest absolute Gasteiger partial charge is 0.298 e. The second-order valence-electron chi connectivity index (χ2n) is 3.97. The number of hydrogen-bond acceptors (Lipinski definition) is 5. The van der Waals surface area contributed by atoms with Gasteiger partial charge < -0.3 is 0 Å². The van der Waals surface area contributed by atoms with Crippen molar-refractivity contribution in [3.63, 3.8) is 0 Å². The molecule has 0 atom stereocenters. The molecule has 1 aromatic heterocycles. The molecule has 2 rings (SSSR count). The summed E-state index contributed by atoms with van der Waals surface area (Å²) in [5, 5.41) is 14.8. The molecule has 19 heavy (non-hydrogen) atoms. The molecule has 1 aromatic carbocycles. The first kappa shape index (κ1) is 12.9. The van der Waals surface area contributed by atoms with Crippen LogP contribution in [-0.4, -0.2) is 25.5 Å². The molecule has 0 N–H and O–H groups in total. The quantitative estimate of drug-likeness (QED) is 0.604. The maximum atomic E-state index is 11.3. The van der Waals surface area contributed by atoms with E-state index in [0.717, 1.165) is 0 Å². The van der Waals surface area contributed by atoms with Crippen LogP contribution < -0.4 is 0 Å². The molecule has 0 unspecified atom stereocenters. The summed E-state index contributed by atoms with van der Waals surface area (Å²) in [6.07, 6.45) is 1.88. The predicted octanol–water partition coefficient (Wildman–Crippen LogP) is 1.83. The average Bonchev–Trinajstić information content (AvgIpc) is 2.87. The summed E-state index contributed by atoms with van der Waals surface area (Å²) in [7, 11) is 0. The molecule has 0 aliphatic rings. The van der Waals surface area contributed by atoms with Crippen LogP contribution in [-0.2, 0) is 11.3 Å². The number of benzene rings is 1.